The van der Waals surface area contributed by atoms with E-state index in [4.69, 9.17) is 0 Å². The number of rotatable bonds is 4. The van der Waals surface area contributed by atoms with Gasteiger partial charge in [-0.25, -0.2) is 9.78 Å². The highest BCUT2D eigenvalue weighted by Gasteiger charge is 2.29. The molecule has 6 heteroatoms. The summed E-state index contributed by atoms with van der Waals surface area (Å²) in [5, 5.41) is 12.8. The number of aromatic nitrogens is 1. The largest absolute Gasteiger partial charge is 0.394 e. The summed E-state index contributed by atoms with van der Waals surface area (Å²) in [7, 11) is 3.86. The van der Waals surface area contributed by atoms with Crippen molar-refractivity contribution in [1.82, 2.24) is 15.2 Å². The molecule has 2 amide bonds. The van der Waals surface area contributed by atoms with Crippen molar-refractivity contribution in [1.29, 1.82) is 0 Å². The quantitative estimate of drug-likeness (QED) is 0.893. The van der Waals surface area contributed by atoms with Crippen molar-refractivity contribution in [3.63, 3.8) is 0 Å². The molecule has 1 atom stereocenters. The van der Waals surface area contributed by atoms with Crippen LogP contribution in [0, 0.1) is 0 Å². The average molecular weight is 340 g/mol. The van der Waals surface area contributed by atoms with Gasteiger partial charge in [0.05, 0.1) is 12.6 Å². The van der Waals surface area contributed by atoms with Gasteiger partial charge in [0.2, 0.25) is 0 Å². The molecule has 0 bridgehead atoms. The predicted octanol–water partition coefficient (Wildman–Crippen LogP) is 1.95. The van der Waals surface area contributed by atoms with E-state index in [0.717, 1.165) is 23.4 Å². The van der Waals surface area contributed by atoms with Crippen LogP contribution in [0.4, 0.5) is 10.6 Å². The first-order valence-electron chi connectivity index (χ1n) is 8.45. The summed E-state index contributed by atoms with van der Waals surface area (Å²) in [4.78, 5) is 20.6. The van der Waals surface area contributed by atoms with Gasteiger partial charge in [-0.3, -0.25) is 0 Å². The van der Waals surface area contributed by atoms with Gasteiger partial charge in [0.1, 0.15) is 5.82 Å². The Morgan fingerprint density at radius 3 is 2.92 bits per heavy atom. The lowest BCUT2D eigenvalue weighted by Crippen LogP contribution is -2.46. The first-order chi connectivity index (χ1) is 12.1. The molecule has 2 aromatic rings. The Labute approximate surface area is 148 Å². The molecule has 0 aliphatic carbocycles. The number of anilines is 1. The van der Waals surface area contributed by atoms with E-state index in [-0.39, 0.29) is 18.7 Å². The lowest BCUT2D eigenvalue weighted by atomic mass is 9.93. The maximum absolute atomic E-state index is 12.6. The second-order valence-electron chi connectivity index (χ2n) is 6.42. The van der Waals surface area contributed by atoms with Crippen LogP contribution >= 0.6 is 0 Å². The summed E-state index contributed by atoms with van der Waals surface area (Å²) in [6.45, 7) is 0.955. The van der Waals surface area contributed by atoms with Crippen LogP contribution in [0.2, 0.25) is 0 Å². The van der Waals surface area contributed by atoms with Gasteiger partial charge in [-0.15, -0.1) is 0 Å². The third-order valence-electron chi connectivity index (χ3n) is 4.56. The molecular formula is C19H24N4O2. The number of carbonyl (C=O) groups excluding carboxylic acids is 1. The van der Waals surface area contributed by atoms with E-state index in [2.05, 4.69) is 16.4 Å². The minimum atomic E-state index is -0.292. The Morgan fingerprint density at radius 1 is 1.36 bits per heavy atom. The second kappa shape index (κ2) is 7.53. The molecule has 1 aliphatic heterocycles. The first kappa shape index (κ1) is 17.2. The summed E-state index contributed by atoms with van der Waals surface area (Å²) in [5.41, 5.74) is 3.23. The molecule has 132 valence electrons. The number of carbonyl (C=O) groups is 1. The summed E-state index contributed by atoms with van der Waals surface area (Å²) >= 11 is 0. The van der Waals surface area contributed by atoms with Gasteiger partial charge in [0, 0.05) is 33.4 Å². The molecule has 0 spiro atoms. The zero-order valence-corrected chi connectivity index (χ0v) is 14.6. The van der Waals surface area contributed by atoms with Crippen molar-refractivity contribution in [2.45, 2.75) is 19.0 Å². The summed E-state index contributed by atoms with van der Waals surface area (Å²) in [6, 6.07) is 11.4. The smallest absolute Gasteiger partial charge is 0.318 e. The van der Waals surface area contributed by atoms with Crippen molar-refractivity contribution in [2.24, 2.45) is 0 Å². The van der Waals surface area contributed by atoms with Gasteiger partial charge < -0.3 is 20.2 Å². The van der Waals surface area contributed by atoms with Crippen LogP contribution in [0.5, 0.6) is 0 Å². The second-order valence-corrected chi connectivity index (χ2v) is 6.42. The molecule has 2 heterocycles. The highest BCUT2D eigenvalue weighted by molar-refractivity contribution is 5.75. The number of aliphatic hydroxyl groups is 1. The number of fused-ring (bicyclic) bond motifs is 1. The fourth-order valence-electron chi connectivity index (χ4n) is 3.19. The Kier molecular flexibility index (Phi) is 5.19. The topological polar surface area (TPSA) is 68.7 Å². The maximum atomic E-state index is 12.6. The molecule has 3 rings (SSSR count). The molecule has 6 nitrogen and oxygen atoms in total. The van der Waals surface area contributed by atoms with E-state index in [0.29, 0.717) is 13.1 Å². The predicted molar refractivity (Wildman–Crippen MR) is 97.5 cm³/mol. The van der Waals surface area contributed by atoms with Crippen LogP contribution in [-0.4, -0.2) is 48.3 Å². The van der Waals surface area contributed by atoms with Crippen LogP contribution < -0.4 is 10.2 Å². The molecule has 0 saturated heterocycles. The van der Waals surface area contributed by atoms with Crippen LogP contribution in [0.1, 0.15) is 22.7 Å². The van der Waals surface area contributed by atoms with E-state index in [9.17, 15) is 9.90 Å². The van der Waals surface area contributed by atoms with Crippen LogP contribution in [0.25, 0.3) is 0 Å². The molecule has 0 saturated carbocycles. The van der Waals surface area contributed by atoms with Crippen molar-refractivity contribution < 1.29 is 9.90 Å². The van der Waals surface area contributed by atoms with Gasteiger partial charge in [0.15, 0.2) is 0 Å². The number of pyridine rings is 1. The minimum absolute atomic E-state index is 0.0789. The summed E-state index contributed by atoms with van der Waals surface area (Å²) < 4.78 is 0. The highest BCUT2D eigenvalue weighted by Crippen LogP contribution is 2.29. The molecular weight excluding hydrogens is 316 g/mol. The van der Waals surface area contributed by atoms with E-state index in [1.807, 2.05) is 49.3 Å². The van der Waals surface area contributed by atoms with Crippen LogP contribution in [-0.2, 0) is 13.0 Å². The van der Waals surface area contributed by atoms with Crippen LogP contribution in [0.3, 0.4) is 0 Å². The van der Waals surface area contributed by atoms with E-state index >= 15 is 0 Å². The number of hydrogen-bond acceptors (Lipinski definition) is 4. The highest BCUT2D eigenvalue weighted by atomic mass is 16.3. The van der Waals surface area contributed by atoms with Gasteiger partial charge in [-0.05, 0) is 35.2 Å². The fraction of sp³-hybridized carbons (Fsp3) is 0.368. The summed E-state index contributed by atoms with van der Waals surface area (Å²) in [6.07, 6.45) is 2.55. The lowest BCUT2D eigenvalue weighted by Gasteiger charge is -2.36. The van der Waals surface area contributed by atoms with Crippen molar-refractivity contribution in [3.8, 4) is 0 Å². The maximum Gasteiger partial charge on any atom is 0.318 e. The first-order valence-corrected chi connectivity index (χ1v) is 8.45. The Morgan fingerprint density at radius 2 is 2.16 bits per heavy atom. The molecule has 2 N–H and O–H groups in total. The van der Waals surface area contributed by atoms with E-state index < -0.39 is 0 Å². The normalized spacial score (nSPS) is 16.3. The number of nitrogens with zero attached hydrogens (tertiary/aromatic N) is 3. The van der Waals surface area contributed by atoms with E-state index in [1.165, 1.54) is 5.56 Å². The fourth-order valence-corrected chi connectivity index (χ4v) is 3.19. The summed E-state index contributed by atoms with van der Waals surface area (Å²) in [5.74, 6) is 0.854. The number of urea groups is 1. The molecule has 1 aromatic carbocycles. The van der Waals surface area contributed by atoms with Crippen molar-refractivity contribution >= 4 is 11.8 Å². The number of aliphatic hydroxyl groups excluding tert-OH is 1. The van der Waals surface area contributed by atoms with Gasteiger partial charge in [-0.2, -0.15) is 0 Å². The molecule has 25 heavy (non-hydrogen) atoms. The number of hydrogen-bond donors (Lipinski definition) is 2. The van der Waals surface area contributed by atoms with Gasteiger partial charge in [0.25, 0.3) is 0 Å². The van der Waals surface area contributed by atoms with Gasteiger partial charge in [-0.1, -0.05) is 24.3 Å². The number of nitrogens with one attached hydrogen (secondary N) is 1. The zero-order chi connectivity index (χ0) is 17.8. The van der Waals surface area contributed by atoms with Crippen molar-refractivity contribution in [2.75, 3.05) is 32.1 Å². The zero-order valence-electron chi connectivity index (χ0n) is 14.6. The third-order valence-corrected chi connectivity index (χ3v) is 4.56. The Bertz CT molecular complexity index is 748. The lowest BCUT2D eigenvalue weighted by molar-refractivity contribution is 0.126. The Balaban J connectivity index is 1.68. The number of amides is 2. The Hall–Kier alpha value is -2.60. The SMILES string of the molecule is CN(C)c1cc(CNC(=O)N2CCc3ccccc3C2CO)ccn1. The number of benzene rings is 1. The molecule has 0 radical (unpaired) electrons. The molecule has 1 aromatic heterocycles. The van der Waals surface area contributed by atoms with Gasteiger partial charge >= 0.3 is 6.03 Å². The standard InChI is InChI=1S/C19H24N4O2/c1-22(2)18-11-14(7-9-20-18)12-21-19(25)23-10-8-15-5-3-4-6-16(15)17(23)13-24/h3-7,9,11,17,24H,8,10,12-13H2,1-2H3,(H,21,25). The van der Waals surface area contributed by atoms with Crippen molar-refractivity contribution in [3.05, 3.63) is 59.3 Å². The van der Waals surface area contributed by atoms with Crippen LogP contribution in [0.15, 0.2) is 42.6 Å². The minimum Gasteiger partial charge on any atom is -0.394 e. The monoisotopic (exact) mass is 340 g/mol. The average Bonchev–Trinajstić information content (AvgIpc) is 2.65. The van der Waals surface area contributed by atoms with E-state index in [1.54, 1.807) is 11.1 Å². The molecule has 1 unspecified atom stereocenters. The molecule has 1 aliphatic rings. The molecule has 0 fully saturated rings. The third kappa shape index (κ3) is 3.74.